The van der Waals surface area contributed by atoms with Crippen LogP contribution in [0.3, 0.4) is 0 Å². The molecule has 93 heavy (non-hydrogen) atoms. The highest BCUT2D eigenvalue weighted by Gasteiger charge is 2.30. The molecule has 19 heteroatoms. The molecule has 552 valence electrons. The predicted octanol–water partition coefficient (Wildman–Crippen LogP) is 21.3. The van der Waals surface area contributed by atoms with Gasteiger partial charge in [0.2, 0.25) is 0 Å². The Morgan fingerprint density at radius 1 is 0.301 bits per heavy atom. The number of unbranched alkanes of at least 4 members (excludes halogenated alkanes) is 35. The van der Waals surface area contributed by atoms with E-state index in [2.05, 4.69) is 55.4 Å². The van der Waals surface area contributed by atoms with Crippen molar-refractivity contribution in [2.75, 3.05) is 39.6 Å². The fourth-order valence-electron chi connectivity index (χ4n) is 11.1. The SMILES string of the molecule is CCC(C)CCCCCCCCCCCCC(=O)OC[C@H](COP(=O)(O)OCC(O)COP(=O)(O)OC[C@@H](COC(=O)CCCCCCCCCC(C)C)OC(=O)CCCCCCCCCCCCCCCCC(C)C)OC(=O)CCCCCCCCCCC(C)CC. The molecule has 0 amide bonds. The van der Waals surface area contributed by atoms with Gasteiger partial charge in [-0.25, -0.2) is 9.13 Å². The Hall–Kier alpha value is -1.94. The van der Waals surface area contributed by atoms with E-state index in [0.29, 0.717) is 31.6 Å². The van der Waals surface area contributed by atoms with Gasteiger partial charge in [0.25, 0.3) is 0 Å². The third-order valence-electron chi connectivity index (χ3n) is 17.8. The molecule has 0 aliphatic rings. The molecule has 0 saturated carbocycles. The van der Waals surface area contributed by atoms with E-state index in [1.54, 1.807) is 0 Å². The third kappa shape index (κ3) is 65.8. The van der Waals surface area contributed by atoms with E-state index < -0.39 is 97.5 Å². The van der Waals surface area contributed by atoms with Crippen molar-refractivity contribution in [3.63, 3.8) is 0 Å². The van der Waals surface area contributed by atoms with Crippen LogP contribution >= 0.6 is 15.6 Å². The number of phosphoric ester groups is 2. The van der Waals surface area contributed by atoms with Crippen molar-refractivity contribution >= 4 is 39.5 Å². The summed E-state index contributed by atoms with van der Waals surface area (Å²) in [5.41, 5.74) is 0. The Bertz CT molecular complexity index is 1840. The summed E-state index contributed by atoms with van der Waals surface area (Å²) >= 11 is 0. The Morgan fingerprint density at radius 3 is 0.763 bits per heavy atom. The topological polar surface area (TPSA) is 237 Å². The summed E-state index contributed by atoms with van der Waals surface area (Å²) in [4.78, 5) is 72.7. The lowest BCUT2D eigenvalue weighted by Gasteiger charge is -2.21. The molecule has 0 aliphatic carbocycles. The Kier molecular flexibility index (Phi) is 62.2. The zero-order valence-electron chi connectivity index (χ0n) is 60.9. The van der Waals surface area contributed by atoms with Gasteiger partial charge < -0.3 is 33.8 Å². The molecule has 7 atom stereocenters. The summed E-state index contributed by atoms with van der Waals surface area (Å²) in [5, 5.41) is 10.6. The molecule has 0 rings (SSSR count). The van der Waals surface area contributed by atoms with Gasteiger partial charge in [0.05, 0.1) is 26.4 Å². The zero-order chi connectivity index (χ0) is 68.9. The van der Waals surface area contributed by atoms with Crippen LogP contribution in [0.4, 0.5) is 0 Å². The fourth-order valence-corrected chi connectivity index (χ4v) is 12.7. The summed E-state index contributed by atoms with van der Waals surface area (Å²) in [6.07, 6.45) is 47.1. The monoisotopic (exact) mass is 1370 g/mol. The predicted molar refractivity (Wildman–Crippen MR) is 377 cm³/mol. The number of phosphoric acid groups is 2. The van der Waals surface area contributed by atoms with E-state index in [9.17, 15) is 43.2 Å². The molecule has 0 radical (unpaired) electrons. The lowest BCUT2D eigenvalue weighted by Crippen LogP contribution is -2.30. The molecule has 17 nitrogen and oxygen atoms in total. The first-order chi connectivity index (χ1) is 44.7. The highest BCUT2D eigenvalue weighted by molar-refractivity contribution is 7.47. The minimum Gasteiger partial charge on any atom is -0.462 e. The van der Waals surface area contributed by atoms with Crippen LogP contribution in [0, 0.1) is 23.7 Å². The van der Waals surface area contributed by atoms with E-state index in [1.165, 1.54) is 167 Å². The smallest absolute Gasteiger partial charge is 0.462 e. The molecule has 0 aromatic heterocycles. The lowest BCUT2D eigenvalue weighted by molar-refractivity contribution is -0.161. The second kappa shape index (κ2) is 63.5. The molecular formula is C74H144O17P2. The molecule has 3 N–H and O–H groups in total. The number of ether oxygens (including phenoxy) is 4. The van der Waals surface area contributed by atoms with Gasteiger partial charge in [-0.1, -0.05) is 319 Å². The van der Waals surface area contributed by atoms with Crippen molar-refractivity contribution in [1.82, 2.24) is 0 Å². The van der Waals surface area contributed by atoms with Crippen molar-refractivity contribution in [3.05, 3.63) is 0 Å². The first-order valence-electron chi connectivity index (χ1n) is 38.3. The number of carbonyl (C=O) groups is 4. The molecule has 0 saturated heterocycles. The van der Waals surface area contributed by atoms with Crippen LogP contribution < -0.4 is 0 Å². The van der Waals surface area contributed by atoms with Crippen LogP contribution in [-0.4, -0.2) is 96.7 Å². The number of rotatable bonds is 71. The number of hydrogen-bond acceptors (Lipinski definition) is 15. The number of aliphatic hydroxyl groups is 1. The Labute approximate surface area is 568 Å². The van der Waals surface area contributed by atoms with Crippen molar-refractivity contribution in [2.45, 2.75) is 388 Å². The quantitative estimate of drug-likeness (QED) is 0.0222. The van der Waals surface area contributed by atoms with E-state index in [1.807, 2.05) is 0 Å². The van der Waals surface area contributed by atoms with Gasteiger partial charge in [0.1, 0.15) is 19.3 Å². The van der Waals surface area contributed by atoms with Crippen LogP contribution in [0.2, 0.25) is 0 Å². The maximum atomic E-state index is 13.0. The second-order valence-corrected chi connectivity index (χ2v) is 31.0. The number of hydrogen-bond donors (Lipinski definition) is 3. The standard InChI is InChI=1S/C74H144O17P2/c1-9-66(7)52-44-36-28-20-17-18-21-30-38-46-54-71(76)84-60-69(91-74(79)57-49-41-32-24-23-29-37-45-53-67(8)10-2)62-88-92(80,81)86-58-68(75)59-87-93(82,83)89-63-70(61-85-72(77)55-47-39-33-25-27-35-43-51-65(5)6)90-73(78)56-48-40-31-22-16-14-12-11-13-15-19-26-34-42-50-64(3)4/h64-70,75H,9-63H2,1-8H3,(H,80,81)(H,82,83)/t66?,67?,68?,69-,70-/m1/s1. The summed E-state index contributed by atoms with van der Waals surface area (Å²) in [5.74, 6) is 0.954. The van der Waals surface area contributed by atoms with E-state index in [-0.39, 0.29) is 25.7 Å². The van der Waals surface area contributed by atoms with Crippen molar-refractivity contribution in [1.29, 1.82) is 0 Å². The fraction of sp³-hybridized carbons (Fsp3) is 0.946. The average molecular weight is 1370 g/mol. The number of carbonyl (C=O) groups excluding carboxylic acids is 4. The normalized spacial score (nSPS) is 14.8. The molecular weight excluding hydrogens is 1220 g/mol. The first-order valence-corrected chi connectivity index (χ1v) is 41.3. The third-order valence-corrected chi connectivity index (χ3v) is 19.7. The van der Waals surface area contributed by atoms with Crippen molar-refractivity contribution in [3.8, 4) is 0 Å². The second-order valence-electron chi connectivity index (χ2n) is 28.1. The van der Waals surface area contributed by atoms with E-state index in [0.717, 1.165) is 114 Å². The maximum Gasteiger partial charge on any atom is 0.472 e. The van der Waals surface area contributed by atoms with Crippen LogP contribution in [0.1, 0.15) is 370 Å². The van der Waals surface area contributed by atoms with Crippen LogP contribution in [-0.2, 0) is 65.4 Å². The van der Waals surface area contributed by atoms with Gasteiger partial charge in [-0.15, -0.1) is 0 Å². The molecule has 0 aromatic rings. The van der Waals surface area contributed by atoms with Gasteiger partial charge in [0.15, 0.2) is 12.2 Å². The number of aliphatic hydroxyl groups excluding tert-OH is 1. The minimum atomic E-state index is -4.96. The van der Waals surface area contributed by atoms with Crippen molar-refractivity contribution in [2.24, 2.45) is 23.7 Å². The van der Waals surface area contributed by atoms with Gasteiger partial charge in [0, 0.05) is 25.7 Å². The zero-order valence-corrected chi connectivity index (χ0v) is 62.7. The Balaban J connectivity index is 5.25. The minimum absolute atomic E-state index is 0.104. The highest BCUT2D eigenvalue weighted by Crippen LogP contribution is 2.45. The summed E-state index contributed by atoms with van der Waals surface area (Å²) in [6.45, 7) is 14.2. The van der Waals surface area contributed by atoms with Crippen LogP contribution in [0.15, 0.2) is 0 Å². The van der Waals surface area contributed by atoms with Gasteiger partial charge in [-0.2, -0.15) is 0 Å². The molecule has 0 aliphatic heterocycles. The molecule has 0 heterocycles. The molecule has 0 fully saturated rings. The van der Waals surface area contributed by atoms with Gasteiger partial charge in [-0.3, -0.25) is 37.3 Å². The largest absolute Gasteiger partial charge is 0.472 e. The van der Waals surface area contributed by atoms with Crippen LogP contribution in [0.5, 0.6) is 0 Å². The summed E-state index contributed by atoms with van der Waals surface area (Å²) < 4.78 is 68.4. The summed E-state index contributed by atoms with van der Waals surface area (Å²) in [6, 6.07) is 0. The first kappa shape index (κ1) is 91.1. The lowest BCUT2D eigenvalue weighted by atomic mass is 9.99. The van der Waals surface area contributed by atoms with E-state index in [4.69, 9.17) is 37.0 Å². The van der Waals surface area contributed by atoms with Gasteiger partial charge in [-0.05, 0) is 49.4 Å². The summed E-state index contributed by atoms with van der Waals surface area (Å²) in [7, 11) is -9.91. The van der Waals surface area contributed by atoms with E-state index >= 15 is 0 Å². The van der Waals surface area contributed by atoms with Gasteiger partial charge >= 0.3 is 39.5 Å². The van der Waals surface area contributed by atoms with Crippen molar-refractivity contribution < 1.29 is 80.2 Å². The average Bonchev–Trinajstić information content (AvgIpc) is 3.73. The van der Waals surface area contributed by atoms with Crippen LogP contribution in [0.25, 0.3) is 0 Å². The maximum absolute atomic E-state index is 13.0. The number of esters is 4. The molecule has 5 unspecified atom stereocenters. The Morgan fingerprint density at radius 2 is 0.516 bits per heavy atom. The molecule has 0 bridgehead atoms. The highest BCUT2D eigenvalue weighted by atomic mass is 31.2. The molecule has 0 spiro atoms. The molecule has 0 aromatic carbocycles.